The minimum absolute atomic E-state index is 0.224. The van der Waals surface area contributed by atoms with Crippen molar-refractivity contribution < 1.29 is 28.8 Å². The van der Waals surface area contributed by atoms with Gasteiger partial charge >= 0.3 is 0 Å². The summed E-state index contributed by atoms with van der Waals surface area (Å²) >= 11 is 1.59. The van der Waals surface area contributed by atoms with Gasteiger partial charge in [0.05, 0.1) is 19.1 Å². The lowest BCUT2D eigenvalue weighted by atomic mass is 9.57. The van der Waals surface area contributed by atoms with Crippen molar-refractivity contribution in [1.29, 1.82) is 0 Å². The van der Waals surface area contributed by atoms with Gasteiger partial charge < -0.3 is 14.8 Å². The van der Waals surface area contributed by atoms with Gasteiger partial charge in [-0.1, -0.05) is 30.3 Å². The highest BCUT2D eigenvalue weighted by Gasteiger charge is 2.82. The second-order valence-corrected chi connectivity index (χ2v) is 11.3. The molecule has 3 aliphatic heterocycles. The van der Waals surface area contributed by atoms with Gasteiger partial charge in [-0.2, -0.15) is 0 Å². The van der Waals surface area contributed by atoms with E-state index in [2.05, 4.69) is 5.32 Å². The fourth-order valence-electron chi connectivity index (χ4n) is 7.42. The SMILES string of the molecule is COc1ccc([C@H]2[C@@H]3CSCN3[C@@]3(C(=O)Nc4ccc([N+](=O)[O-])cc43)C23C(=O)c2ccccc2C3=O)cc1OC. The number of non-ortho nitro benzene ring substituents is 1. The number of nitrogens with zero attached hydrogens (tertiary/aromatic N) is 2. The third-order valence-electron chi connectivity index (χ3n) is 8.85. The summed E-state index contributed by atoms with van der Waals surface area (Å²) < 4.78 is 11.0. The lowest BCUT2D eigenvalue weighted by Crippen LogP contribution is -2.60. The number of amides is 1. The number of Topliss-reactive ketones (excluding diaryl/α,β-unsaturated/α-hetero) is 2. The molecule has 0 saturated carbocycles. The normalized spacial score (nSPS) is 25.7. The molecule has 0 radical (unpaired) electrons. The summed E-state index contributed by atoms with van der Waals surface area (Å²) in [5.74, 6) is -0.380. The van der Waals surface area contributed by atoms with Crippen LogP contribution in [0.15, 0.2) is 60.7 Å². The Morgan fingerprint density at radius 2 is 1.68 bits per heavy atom. The zero-order valence-electron chi connectivity index (χ0n) is 21.5. The Morgan fingerprint density at radius 1 is 0.975 bits per heavy atom. The minimum Gasteiger partial charge on any atom is -0.493 e. The highest BCUT2D eigenvalue weighted by molar-refractivity contribution is 7.99. The predicted molar refractivity (Wildman–Crippen MR) is 146 cm³/mol. The number of carbonyl (C=O) groups is 3. The number of ether oxygens (including phenoxy) is 2. The second-order valence-electron chi connectivity index (χ2n) is 10.3. The van der Waals surface area contributed by atoms with Gasteiger partial charge in [0.15, 0.2) is 28.6 Å². The molecule has 0 aromatic heterocycles. The van der Waals surface area contributed by atoms with Gasteiger partial charge in [-0.15, -0.1) is 11.8 Å². The van der Waals surface area contributed by atoms with Gasteiger partial charge in [0, 0.05) is 58.1 Å². The van der Waals surface area contributed by atoms with Gasteiger partial charge in [-0.3, -0.25) is 29.4 Å². The zero-order chi connectivity index (χ0) is 28.0. The number of fused-ring (bicyclic) bond motifs is 6. The van der Waals surface area contributed by atoms with Crippen LogP contribution >= 0.6 is 11.8 Å². The number of hydrogen-bond acceptors (Lipinski definition) is 9. The topological polar surface area (TPSA) is 128 Å². The molecule has 4 aliphatic rings. The van der Waals surface area contributed by atoms with Crippen LogP contribution in [0.1, 0.15) is 37.8 Å². The fraction of sp³-hybridized carbons (Fsp3) is 0.276. The number of nitro benzene ring substituents is 1. The van der Waals surface area contributed by atoms with Crippen molar-refractivity contribution in [2.75, 3.05) is 31.2 Å². The first kappa shape index (κ1) is 24.8. The van der Waals surface area contributed by atoms with Gasteiger partial charge in [-0.25, -0.2) is 0 Å². The number of rotatable bonds is 4. The molecular weight excluding hydrogens is 534 g/mol. The van der Waals surface area contributed by atoms with E-state index in [9.17, 15) is 24.5 Å². The maximum atomic E-state index is 14.8. The van der Waals surface area contributed by atoms with Gasteiger partial charge in [0.2, 0.25) is 0 Å². The third-order valence-corrected chi connectivity index (χ3v) is 9.89. The Labute approximate surface area is 232 Å². The molecule has 2 fully saturated rings. The van der Waals surface area contributed by atoms with Crippen molar-refractivity contribution in [1.82, 2.24) is 4.90 Å². The number of hydrogen-bond donors (Lipinski definition) is 1. The van der Waals surface area contributed by atoms with Gasteiger partial charge in [-0.05, 0) is 23.8 Å². The molecule has 10 nitrogen and oxygen atoms in total. The molecule has 202 valence electrons. The lowest BCUT2D eigenvalue weighted by Gasteiger charge is -2.42. The molecule has 3 atom stereocenters. The average Bonchev–Trinajstić information content (AvgIpc) is 3.67. The molecule has 2 spiro atoms. The molecule has 7 rings (SSSR count). The molecule has 40 heavy (non-hydrogen) atoms. The summed E-state index contributed by atoms with van der Waals surface area (Å²) in [6.07, 6.45) is 0. The average molecular weight is 558 g/mol. The zero-order valence-corrected chi connectivity index (χ0v) is 22.3. The van der Waals surface area contributed by atoms with E-state index in [0.29, 0.717) is 34.4 Å². The molecule has 2 saturated heterocycles. The van der Waals surface area contributed by atoms with Gasteiger partial charge in [0.1, 0.15) is 5.41 Å². The van der Waals surface area contributed by atoms with Crippen molar-refractivity contribution >= 4 is 40.6 Å². The quantitative estimate of drug-likeness (QED) is 0.288. The summed E-state index contributed by atoms with van der Waals surface area (Å²) in [6, 6.07) is 15.6. The highest BCUT2D eigenvalue weighted by atomic mass is 32.2. The van der Waals surface area contributed by atoms with E-state index in [4.69, 9.17) is 9.47 Å². The summed E-state index contributed by atoms with van der Waals surface area (Å²) in [6.45, 7) is 0. The van der Waals surface area contributed by atoms with Crippen LogP contribution in [0.3, 0.4) is 0 Å². The first-order valence-corrected chi connectivity index (χ1v) is 13.8. The van der Waals surface area contributed by atoms with E-state index in [-0.39, 0.29) is 22.4 Å². The molecule has 1 aliphatic carbocycles. The van der Waals surface area contributed by atoms with Crippen LogP contribution in [-0.2, 0) is 10.3 Å². The largest absolute Gasteiger partial charge is 0.493 e. The van der Waals surface area contributed by atoms with E-state index in [1.807, 2.05) is 4.90 Å². The molecular formula is C29H23N3O7S. The minimum atomic E-state index is -1.91. The molecule has 1 N–H and O–H groups in total. The van der Waals surface area contributed by atoms with Crippen LogP contribution in [0.2, 0.25) is 0 Å². The molecule has 3 aromatic rings. The van der Waals surface area contributed by atoms with Crippen LogP contribution in [0.25, 0.3) is 0 Å². The van der Waals surface area contributed by atoms with Crippen molar-refractivity contribution in [2.24, 2.45) is 5.41 Å². The number of thioether (sulfide) groups is 1. The molecule has 3 aromatic carbocycles. The highest BCUT2D eigenvalue weighted by Crippen LogP contribution is 2.70. The first-order chi connectivity index (χ1) is 19.3. The van der Waals surface area contributed by atoms with Crippen molar-refractivity contribution in [3.8, 4) is 11.5 Å². The number of nitrogens with one attached hydrogen (secondary N) is 1. The molecule has 11 heteroatoms. The summed E-state index contributed by atoms with van der Waals surface area (Å²) in [5, 5.41) is 14.8. The monoisotopic (exact) mass is 557 g/mol. The number of anilines is 1. The molecule has 0 unspecified atom stereocenters. The Hall–Kier alpha value is -4.22. The second kappa shape index (κ2) is 8.39. The maximum Gasteiger partial charge on any atom is 0.269 e. The van der Waals surface area contributed by atoms with E-state index in [1.165, 1.54) is 32.4 Å². The van der Waals surface area contributed by atoms with Crippen molar-refractivity contribution in [3.05, 3.63) is 93.0 Å². The van der Waals surface area contributed by atoms with Crippen LogP contribution < -0.4 is 14.8 Å². The summed E-state index contributed by atoms with van der Waals surface area (Å²) in [4.78, 5) is 57.3. The third kappa shape index (κ3) is 2.71. The Morgan fingerprint density at radius 3 is 2.33 bits per heavy atom. The molecule has 1 amide bonds. The smallest absolute Gasteiger partial charge is 0.269 e. The van der Waals surface area contributed by atoms with Crippen LogP contribution in [0.4, 0.5) is 11.4 Å². The van der Waals surface area contributed by atoms with E-state index in [1.54, 1.807) is 54.2 Å². The number of nitro groups is 1. The first-order valence-electron chi connectivity index (χ1n) is 12.7. The Bertz CT molecular complexity index is 1640. The van der Waals surface area contributed by atoms with E-state index < -0.39 is 45.3 Å². The Kier molecular flexibility index (Phi) is 5.20. The number of ketones is 2. The predicted octanol–water partition coefficient (Wildman–Crippen LogP) is 4.00. The van der Waals surface area contributed by atoms with Crippen molar-refractivity contribution in [3.63, 3.8) is 0 Å². The number of carbonyl (C=O) groups excluding carboxylic acids is 3. The number of methoxy groups -OCH3 is 2. The molecule has 3 heterocycles. The van der Waals surface area contributed by atoms with Crippen LogP contribution in [-0.4, -0.2) is 59.2 Å². The van der Waals surface area contributed by atoms with Crippen LogP contribution in [0, 0.1) is 15.5 Å². The van der Waals surface area contributed by atoms with Crippen molar-refractivity contribution in [2.45, 2.75) is 17.5 Å². The van der Waals surface area contributed by atoms with Gasteiger partial charge in [0.25, 0.3) is 11.6 Å². The fourth-order valence-corrected chi connectivity index (χ4v) is 8.72. The number of benzene rings is 3. The molecule has 0 bridgehead atoms. The Balaban J connectivity index is 1.60. The van der Waals surface area contributed by atoms with E-state index in [0.717, 1.165) is 0 Å². The lowest BCUT2D eigenvalue weighted by molar-refractivity contribution is -0.385. The summed E-state index contributed by atoms with van der Waals surface area (Å²) in [7, 11) is 3.03. The van der Waals surface area contributed by atoms with E-state index >= 15 is 0 Å². The standard InChI is InChI=1S/C29H23N3O7S/c1-38-22-10-7-15(11-23(22)39-2)24-21-13-40-14-31(21)29(19-12-16(32(36)37)8-9-20(19)30-27(29)35)28(24)25(33)17-5-3-4-6-18(17)26(28)34/h3-12,21,24H,13-14H2,1-2H3,(H,30,35)/t21-,24-,29-/m0/s1. The maximum absolute atomic E-state index is 14.8. The summed E-state index contributed by atoms with van der Waals surface area (Å²) in [5.41, 5.74) is -2.16. The van der Waals surface area contributed by atoms with Crippen LogP contribution in [0.5, 0.6) is 11.5 Å².